The van der Waals surface area contributed by atoms with Gasteiger partial charge in [-0.25, -0.2) is 13.8 Å². The van der Waals surface area contributed by atoms with Crippen LogP contribution in [-0.4, -0.2) is 22.9 Å². The normalized spacial score (nSPS) is 20.6. The van der Waals surface area contributed by atoms with Crippen LogP contribution >= 0.6 is 15.9 Å². The largest absolute Gasteiger partial charge is 0.351 e. The molecule has 2 heterocycles. The molecule has 0 saturated carbocycles. The van der Waals surface area contributed by atoms with Crippen LogP contribution in [0.3, 0.4) is 0 Å². The average Bonchev–Trinajstić information content (AvgIpc) is 2.31. The minimum absolute atomic E-state index is 0.289. The van der Waals surface area contributed by atoms with Gasteiger partial charge in [-0.3, -0.25) is 0 Å². The van der Waals surface area contributed by atoms with Crippen molar-refractivity contribution in [3.05, 3.63) is 23.9 Å². The number of halogens is 3. The SMILES string of the molecule is Fc1cnc(N2CCCCC2CCBr)c(F)c1. The van der Waals surface area contributed by atoms with Gasteiger partial charge in [0, 0.05) is 24.0 Å². The van der Waals surface area contributed by atoms with E-state index in [1.165, 1.54) is 0 Å². The molecule has 0 N–H and O–H groups in total. The zero-order valence-corrected chi connectivity index (χ0v) is 11.1. The molecule has 0 amide bonds. The smallest absolute Gasteiger partial charge is 0.168 e. The van der Waals surface area contributed by atoms with E-state index in [0.29, 0.717) is 6.04 Å². The summed E-state index contributed by atoms with van der Waals surface area (Å²) in [6, 6.07) is 1.21. The van der Waals surface area contributed by atoms with Gasteiger partial charge in [-0.1, -0.05) is 15.9 Å². The average molecular weight is 305 g/mol. The van der Waals surface area contributed by atoms with Crippen molar-refractivity contribution in [3.63, 3.8) is 0 Å². The van der Waals surface area contributed by atoms with Gasteiger partial charge in [-0.15, -0.1) is 0 Å². The summed E-state index contributed by atoms with van der Waals surface area (Å²) < 4.78 is 26.5. The second-order valence-corrected chi connectivity index (χ2v) is 5.07. The van der Waals surface area contributed by atoms with Crippen LogP contribution in [0.25, 0.3) is 0 Å². The second-order valence-electron chi connectivity index (χ2n) is 4.28. The third-order valence-electron chi connectivity index (χ3n) is 3.13. The summed E-state index contributed by atoms with van der Waals surface area (Å²) in [6.07, 6.45) is 5.29. The summed E-state index contributed by atoms with van der Waals surface area (Å²) in [6.45, 7) is 0.799. The van der Waals surface area contributed by atoms with Crippen molar-refractivity contribution >= 4 is 21.7 Å². The minimum atomic E-state index is -0.625. The lowest BCUT2D eigenvalue weighted by molar-refractivity contribution is 0.440. The van der Waals surface area contributed by atoms with Gasteiger partial charge >= 0.3 is 0 Å². The van der Waals surface area contributed by atoms with Crippen molar-refractivity contribution in [3.8, 4) is 0 Å². The Bertz CT molecular complexity index is 385. The molecule has 94 valence electrons. The quantitative estimate of drug-likeness (QED) is 0.795. The standard InChI is InChI=1S/C12H15BrF2N2/c13-5-4-10-3-1-2-6-17(10)12-11(15)7-9(14)8-16-12/h7-8,10H,1-6H2. The number of nitrogens with zero attached hydrogens (tertiary/aromatic N) is 2. The van der Waals surface area contributed by atoms with E-state index in [1.54, 1.807) is 0 Å². The fraction of sp³-hybridized carbons (Fsp3) is 0.583. The lowest BCUT2D eigenvalue weighted by atomic mass is 10.00. The molecule has 0 aliphatic carbocycles. The van der Waals surface area contributed by atoms with E-state index in [9.17, 15) is 8.78 Å². The molecule has 17 heavy (non-hydrogen) atoms. The topological polar surface area (TPSA) is 16.1 Å². The van der Waals surface area contributed by atoms with E-state index in [1.807, 2.05) is 4.90 Å². The summed E-state index contributed by atoms with van der Waals surface area (Å²) in [5.74, 6) is -0.899. The van der Waals surface area contributed by atoms with Crippen LogP contribution in [0, 0.1) is 11.6 Å². The Morgan fingerprint density at radius 3 is 2.94 bits per heavy atom. The molecular weight excluding hydrogens is 290 g/mol. The van der Waals surface area contributed by atoms with Gasteiger partial charge in [0.05, 0.1) is 6.20 Å². The molecule has 2 nitrogen and oxygen atoms in total. The highest BCUT2D eigenvalue weighted by molar-refractivity contribution is 9.09. The molecule has 1 fully saturated rings. The summed E-state index contributed by atoms with van der Waals surface area (Å²) >= 11 is 3.41. The zero-order valence-electron chi connectivity index (χ0n) is 9.50. The molecule has 0 radical (unpaired) electrons. The van der Waals surface area contributed by atoms with Crippen LogP contribution in [0.2, 0.25) is 0 Å². The Balaban J connectivity index is 2.23. The maximum Gasteiger partial charge on any atom is 0.168 e. The lowest BCUT2D eigenvalue weighted by Gasteiger charge is -2.36. The molecule has 1 aliphatic heterocycles. The van der Waals surface area contributed by atoms with Crippen LogP contribution in [-0.2, 0) is 0 Å². The fourth-order valence-corrected chi connectivity index (χ4v) is 2.85. The van der Waals surface area contributed by atoms with Crippen molar-refractivity contribution in [2.45, 2.75) is 31.7 Å². The van der Waals surface area contributed by atoms with Crippen LogP contribution < -0.4 is 4.90 Å². The third-order valence-corrected chi connectivity index (χ3v) is 3.59. The summed E-state index contributed by atoms with van der Waals surface area (Å²) in [7, 11) is 0. The molecule has 0 spiro atoms. The van der Waals surface area contributed by atoms with Gasteiger partial charge in [0.1, 0.15) is 5.82 Å². The second kappa shape index (κ2) is 5.76. The van der Waals surface area contributed by atoms with Crippen LogP contribution in [0.1, 0.15) is 25.7 Å². The number of pyridine rings is 1. The summed E-state index contributed by atoms with van der Waals surface area (Å²) in [5, 5.41) is 0.886. The van der Waals surface area contributed by atoms with Crippen LogP contribution in [0.5, 0.6) is 0 Å². The molecule has 1 unspecified atom stereocenters. The van der Waals surface area contributed by atoms with Gasteiger partial charge in [0.15, 0.2) is 11.6 Å². The fourth-order valence-electron chi connectivity index (χ4n) is 2.32. The van der Waals surface area contributed by atoms with Gasteiger partial charge in [-0.05, 0) is 25.7 Å². The number of rotatable bonds is 3. The first-order valence-corrected chi connectivity index (χ1v) is 6.98. The highest BCUT2D eigenvalue weighted by Gasteiger charge is 2.25. The first-order chi connectivity index (χ1) is 8.22. The summed E-state index contributed by atoms with van der Waals surface area (Å²) in [4.78, 5) is 5.87. The highest BCUT2D eigenvalue weighted by Crippen LogP contribution is 2.27. The number of hydrogen-bond acceptors (Lipinski definition) is 2. The van der Waals surface area contributed by atoms with Gasteiger partial charge in [0.2, 0.25) is 0 Å². The van der Waals surface area contributed by atoms with Crippen molar-refractivity contribution in [1.82, 2.24) is 4.98 Å². The van der Waals surface area contributed by atoms with E-state index in [-0.39, 0.29) is 5.82 Å². The Morgan fingerprint density at radius 1 is 1.41 bits per heavy atom. The molecule has 2 rings (SSSR count). The molecule has 1 aromatic rings. The molecule has 1 aliphatic rings. The molecule has 0 aromatic carbocycles. The van der Waals surface area contributed by atoms with Gasteiger partial charge in [0.25, 0.3) is 0 Å². The van der Waals surface area contributed by atoms with E-state index in [2.05, 4.69) is 20.9 Å². The number of hydrogen-bond donors (Lipinski definition) is 0. The maximum atomic E-state index is 13.7. The van der Waals surface area contributed by atoms with E-state index in [4.69, 9.17) is 0 Å². The third kappa shape index (κ3) is 2.94. The molecule has 5 heteroatoms. The van der Waals surface area contributed by atoms with Crippen LogP contribution in [0.4, 0.5) is 14.6 Å². The monoisotopic (exact) mass is 304 g/mol. The van der Waals surface area contributed by atoms with E-state index < -0.39 is 11.6 Å². The molecule has 0 bridgehead atoms. The predicted octanol–water partition coefficient (Wildman–Crippen LogP) is 3.50. The Labute approximate surface area is 108 Å². The zero-order chi connectivity index (χ0) is 12.3. The predicted molar refractivity (Wildman–Crippen MR) is 67.5 cm³/mol. The van der Waals surface area contributed by atoms with E-state index in [0.717, 1.165) is 49.8 Å². The highest BCUT2D eigenvalue weighted by atomic mass is 79.9. The number of alkyl halides is 1. The first-order valence-electron chi connectivity index (χ1n) is 5.86. The van der Waals surface area contributed by atoms with Crippen molar-refractivity contribution in [2.24, 2.45) is 0 Å². The van der Waals surface area contributed by atoms with E-state index >= 15 is 0 Å². The number of piperidine rings is 1. The van der Waals surface area contributed by atoms with Crippen LogP contribution in [0.15, 0.2) is 12.3 Å². The van der Waals surface area contributed by atoms with Crippen molar-refractivity contribution in [1.29, 1.82) is 0 Å². The molecule has 1 aromatic heterocycles. The molecule has 1 saturated heterocycles. The minimum Gasteiger partial charge on any atom is -0.351 e. The Morgan fingerprint density at radius 2 is 2.24 bits per heavy atom. The Hall–Kier alpha value is -0.710. The molecule has 1 atom stereocenters. The van der Waals surface area contributed by atoms with Crippen molar-refractivity contribution < 1.29 is 8.78 Å². The maximum absolute atomic E-state index is 13.7. The Kier molecular flexibility index (Phi) is 4.31. The lowest BCUT2D eigenvalue weighted by Crippen LogP contribution is -2.40. The first kappa shape index (κ1) is 12.7. The van der Waals surface area contributed by atoms with Gasteiger partial charge < -0.3 is 4.90 Å². The number of anilines is 1. The summed E-state index contributed by atoms with van der Waals surface area (Å²) in [5.41, 5.74) is 0. The number of aromatic nitrogens is 1. The van der Waals surface area contributed by atoms with Gasteiger partial charge in [-0.2, -0.15) is 0 Å². The van der Waals surface area contributed by atoms with Crippen molar-refractivity contribution in [2.75, 3.05) is 16.8 Å². The molecular formula is C12H15BrF2N2.